The molecule has 192 valence electrons. The molecular weight excluding hydrogens is 464 g/mol. The van der Waals surface area contributed by atoms with Gasteiger partial charge in [-0.2, -0.15) is 0 Å². The van der Waals surface area contributed by atoms with Gasteiger partial charge in [-0.15, -0.1) is 0 Å². The Hall–Kier alpha value is -3.56. The van der Waals surface area contributed by atoms with Crippen LogP contribution in [0, 0.1) is 0 Å². The zero-order valence-electron chi connectivity index (χ0n) is 20.9. The number of aliphatic hydroxyl groups is 1. The molecule has 9 heteroatoms. The van der Waals surface area contributed by atoms with E-state index in [1.165, 1.54) is 19.1 Å². The minimum absolute atomic E-state index is 0.0116. The molecule has 1 amide bonds. The Balaban J connectivity index is 1.78. The second kappa shape index (κ2) is 11.5. The summed E-state index contributed by atoms with van der Waals surface area (Å²) in [6, 6.07) is 11.2. The topological polar surface area (TPSA) is 97.8 Å². The highest BCUT2D eigenvalue weighted by Gasteiger charge is 2.47. The highest BCUT2D eigenvalue weighted by molar-refractivity contribution is 6.46. The second-order valence-corrected chi connectivity index (χ2v) is 8.61. The van der Waals surface area contributed by atoms with E-state index in [4.69, 9.17) is 18.9 Å². The average molecular weight is 497 g/mol. The molecule has 1 atom stereocenters. The SMILES string of the molecule is COc1ccc(OC)c(C2/C(=C(\O)c3ccccc3OC)C(=O)C(=O)N2CCCN2CCOCC2)c1. The van der Waals surface area contributed by atoms with E-state index in [9.17, 15) is 14.7 Å². The molecule has 2 aliphatic rings. The molecule has 2 aromatic rings. The Morgan fingerprint density at radius 1 is 0.972 bits per heavy atom. The Bertz CT molecular complexity index is 1140. The van der Waals surface area contributed by atoms with E-state index >= 15 is 0 Å². The lowest BCUT2D eigenvalue weighted by Gasteiger charge is -2.29. The number of hydrogen-bond acceptors (Lipinski definition) is 8. The molecule has 0 spiro atoms. The van der Waals surface area contributed by atoms with Gasteiger partial charge in [-0.25, -0.2) is 0 Å². The van der Waals surface area contributed by atoms with Crippen molar-refractivity contribution in [2.24, 2.45) is 0 Å². The van der Waals surface area contributed by atoms with Crippen LogP contribution in [-0.4, -0.2) is 87.3 Å². The lowest BCUT2D eigenvalue weighted by Crippen LogP contribution is -2.39. The molecule has 2 heterocycles. The van der Waals surface area contributed by atoms with Crippen molar-refractivity contribution in [1.29, 1.82) is 0 Å². The third-order valence-corrected chi connectivity index (χ3v) is 6.61. The van der Waals surface area contributed by atoms with E-state index in [0.717, 1.165) is 19.6 Å². The summed E-state index contributed by atoms with van der Waals surface area (Å²) in [5.74, 6) is -0.294. The maximum absolute atomic E-state index is 13.4. The highest BCUT2D eigenvalue weighted by atomic mass is 16.5. The fraction of sp³-hybridized carbons (Fsp3) is 0.407. The van der Waals surface area contributed by atoms with Crippen LogP contribution < -0.4 is 14.2 Å². The van der Waals surface area contributed by atoms with Gasteiger partial charge in [0, 0.05) is 31.7 Å². The largest absolute Gasteiger partial charge is 0.507 e. The number of aliphatic hydroxyl groups excluding tert-OH is 1. The summed E-state index contributed by atoms with van der Waals surface area (Å²) in [4.78, 5) is 30.5. The number of benzene rings is 2. The molecule has 2 fully saturated rings. The number of ketones is 1. The minimum atomic E-state index is -0.857. The number of rotatable bonds is 9. The van der Waals surface area contributed by atoms with Gasteiger partial charge in [0.15, 0.2) is 0 Å². The molecule has 2 aliphatic heterocycles. The van der Waals surface area contributed by atoms with Crippen LogP contribution in [0.25, 0.3) is 5.76 Å². The van der Waals surface area contributed by atoms with Crippen LogP contribution in [0.2, 0.25) is 0 Å². The zero-order valence-corrected chi connectivity index (χ0v) is 20.9. The van der Waals surface area contributed by atoms with Gasteiger partial charge in [0.05, 0.1) is 51.7 Å². The molecule has 9 nitrogen and oxygen atoms in total. The van der Waals surface area contributed by atoms with Crippen molar-refractivity contribution in [3.63, 3.8) is 0 Å². The standard InChI is InChI=1S/C27H32N2O7/c1-33-18-9-10-22(35-3)20(17-18)24-23(25(30)19-7-4-5-8-21(19)34-2)26(31)27(32)29(24)12-6-11-28-13-15-36-16-14-28/h4-5,7-10,17,24,30H,6,11-16H2,1-3H3/b25-23+. The van der Waals surface area contributed by atoms with Crippen LogP contribution in [-0.2, 0) is 14.3 Å². The van der Waals surface area contributed by atoms with Crippen molar-refractivity contribution in [3.8, 4) is 17.2 Å². The van der Waals surface area contributed by atoms with Gasteiger partial charge in [0.2, 0.25) is 0 Å². The Kier molecular flexibility index (Phi) is 8.12. The van der Waals surface area contributed by atoms with Crippen LogP contribution >= 0.6 is 0 Å². The maximum atomic E-state index is 13.4. The minimum Gasteiger partial charge on any atom is -0.507 e. The highest BCUT2D eigenvalue weighted by Crippen LogP contribution is 2.44. The van der Waals surface area contributed by atoms with Crippen molar-refractivity contribution in [3.05, 3.63) is 59.2 Å². The van der Waals surface area contributed by atoms with Crippen LogP contribution in [0.15, 0.2) is 48.0 Å². The van der Waals surface area contributed by atoms with E-state index in [0.29, 0.717) is 54.6 Å². The fourth-order valence-electron chi connectivity index (χ4n) is 4.76. The number of Topliss-reactive ketones (excluding diaryl/α,β-unsaturated/α-hetero) is 1. The van der Waals surface area contributed by atoms with E-state index in [-0.39, 0.29) is 11.3 Å². The molecule has 0 radical (unpaired) electrons. The number of carbonyl (C=O) groups is 2. The molecule has 1 N–H and O–H groups in total. The molecule has 0 aromatic heterocycles. The summed E-state index contributed by atoms with van der Waals surface area (Å²) in [7, 11) is 4.55. The Morgan fingerprint density at radius 2 is 1.69 bits per heavy atom. The van der Waals surface area contributed by atoms with Crippen LogP contribution in [0.3, 0.4) is 0 Å². The van der Waals surface area contributed by atoms with Crippen molar-refractivity contribution < 1.29 is 33.6 Å². The lowest BCUT2D eigenvalue weighted by atomic mass is 9.94. The normalized spacial score (nSPS) is 20.0. The van der Waals surface area contributed by atoms with Gasteiger partial charge in [-0.3, -0.25) is 14.5 Å². The number of nitrogens with zero attached hydrogens (tertiary/aromatic N) is 2. The Labute approximate surface area is 210 Å². The average Bonchev–Trinajstić information content (AvgIpc) is 3.17. The third kappa shape index (κ3) is 5.03. The van der Waals surface area contributed by atoms with E-state index < -0.39 is 17.7 Å². The van der Waals surface area contributed by atoms with Crippen molar-refractivity contribution in [1.82, 2.24) is 9.80 Å². The first-order valence-corrected chi connectivity index (χ1v) is 11.9. The van der Waals surface area contributed by atoms with Gasteiger partial charge in [-0.05, 0) is 36.8 Å². The van der Waals surface area contributed by atoms with Gasteiger partial charge in [-0.1, -0.05) is 12.1 Å². The lowest BCUT2D eigenvalue weighted by molar-refractivity contribution is -0.140. The molecule has 4 rings (SSSR count). The first-order valence-electron chi connectivity index (χ1n) is 11.9. The predicted octanol–water partition coefficient (Wildman–Crippen LogP) is 2.86. The number of amides is 1. The van der Waals surface area contributed by atoms with Crippen LogP contribution in [0.5, 0.6) is 17.2 Å². The number of para-hydroxylation sites is 1. The van der Waals surface area contributed by atoms with E-state index in [1.807, 2.05) is 0 Å². The first-order chi connectivity index (χ1) is 17.5. The number of carbonyl (C=O) groups excluding carboxylic acids is 2. The molecule has 36 heavy (non-hydrogen) atoms. The van der Waals surface area contributed by atoms with Gasteiger partial charge in [0.1, 0.15) is 23.0 Å². The quantitative estimate of drug-likeness (QED) is 0.322. The summed E-state index contributed by atoms with van der Waals surface area (Å²) in [6.07, 6.45) is 0.657. The molecule has 0 aliphatic carbocycles. The molecular formula is C27H32N2O7. The smallest absolute Gasteiger partial charge is 0.295 e. The maximum Gasteiger partial charge on any atom is 0.295 e. The second-order valence-electron chi connectivity index (χ2n) is 8.61. The van der Waals surface area contributed by atoms with E-state index in [1.54, 1.807) is 49.6 Å². The molecule has 0 bridgehead atoms. The summed E-state index contributed by atoms with van der Waals surface area (Å²) in [5, 5.41) is 11.4. The zero-order chi connectivity index (χ0) is 25.7. The summed E-state index contributed by atoms with van der Waals surface area (Å²) < 4.78 is 21.8. The number of morpholine rings is 1. The Morgan fingerprint density at radius 3 is 2.39 bits per heavy atom. The predicted molar refractivity (Wildman–Crippen MR) is 133 cm³/mol. The monoisotopic (exact) mass is 496 g/mol. The fourth-order valence-corrected chi connectivity index (χ4v) is 4.76. The number of methoxy groups -OCH3 is 3. The summed E-state index contributed by atoms with van der Waals surface area (Å²) >= 11 is 0. The van der Waals surface area contributed by atoms with E-state index in [2.05, 4.69) is 4.90 Å². The third-order valence-electron chi connectivity index (χ3n) is 6.61. The van der Waals surface area contributed by atoms with Crippen LogP contribution in [0.1, 0.15) is 23.6 Å². The number of hydrogen-bond donors (Lipinski definition) is 1. The molecule has 2 aromatic carbocycles. The first kappa shape index (κ1) is 25.5. The number of likely N-dealkylation sites (tertiary alicyclic amines) is 1. The summed E-state index contributed by atoms with van der Waals surface area (Å²) in [5.41, 5.74) is 0.875. The molecule has 1 unspecified atom stereocenters. The molecule has 0 saturated carbocycles. The van der Waals surface area contributed by atoms with Crippen molar-refractivity contribution in [2.75, 3.05) is 60.7 Å². The van der Waals surface area contributed by atoms with Gasteiger partial charge in [0.25, 0.3) is 11.7 Å². The van der Waals surface area contributed by atoms with Crippen LogP contribution in [0.4, 0.5) is 0 Å². The van der Waals surface area contributed by atoms with Crippen molar-refractivity contribution >= 4 is 17.4 Å². The van der Waals surface area contributed by atoms with Gasteiger partial charge >= 0.3 is 0 Å². The van der Waals surface area contributed by atoms with Gasteiger partial charge < -0.3 is 29.0 Å². The van der Waals surface area contributed by atoms with Crippen molar-refractivity contribution in [2.45, 2.75) is 12.5 Å². The number of ether oxygens (including phenoxy) is 4. The molecule has 2 saturated heterocycles. The summed E-state index contributed by atoms with van der Waals surface area (Å²) in [6.45, 7) is 4.13.